The number of benzene rings is 2. The lowest BCUT2D eigenvalue weighted by Gasteiger charge is -2.19. The summed E-state index contributed by atoms with van der Waals surface area (Å²) in [5.41, 5.74) is 9.37. The molecule has 0 fully saturated rings. The number of carbonyl (C=O) groups excluding carboxylic acids is 1. The maximum Gasteiger partial charge on any atom is 0.237 e. The molecule has 0 spiro atoms. The number of aryl methyl sites for hydroxylation is 1. The molecule has 0 unspecified atom stereocenters. The lowest BCUT2D eigenvalue weighted by atomic mass is 10.0. The van der Waals surface area contributed by atoms with Gasteiger partial charge in [0.1, 0.15) is 0 Å². The molecule has 0 heterocycles. The summed E-state index contributed by atoms with van der Waals surface area (Å²) >= 11 is 0. The normalized spacial score (nSPS) is 13.5. The van der Waals surface area contributed by atoms with E-state index in [1.165, 1.54) is 5.56 Å². The van der Waals surface area contributed by atoms with Gasteiger partial charge in [0.05, 0.1) is 12.1 Å². The third-order valence-electron chi connectivity index (χ3n) is 3.65. The van der Waals surface area contributed by atoms with Crippen molar-refractivity contribution in [2.45, 2.75) is 32.4 Å². The Morgan fingerprint density at radius 3 is 2.38 bits per heavy atom. The fraction of sp³-hybridized carbons (Fsp3) is 0.278. The Labute approximate surface area is 126 Å². The zero-order valence-electron chi connectivity index (χ0n) is 12.5. The van der Waals surface area contributed by atoms with Gasteiger partial charge in [-0.3, -0.25) is 4.79 Å². The summed E-state index contributed by atoms with van der Waals surface area (Å²) < 4.78 is 0. The van der Waals surface area contributed by atoms with Crippen molar-refractivity contribution in [3.05, 3.63) is 71.3 Å². The Bertz CT molecular complexity index is 595. The number of rotatable bonds is 5. The van der Waals surface area contributed by atoms with Crippen molar-refractivity contribution in [2.24, 2.45) is 5.73 Å². The van der Waals surface area contributed by atoms with Crippen molar-refractivity contribution in [1.29, 1.82) is 0 Å². The van der Waals surface area contributed by atoms with E-state index in [-0.39, 0.29) is 11.9 Å². The van der Waals surface area contributed by atoms with Gasteiger partial charge in [0.2, 0.25) is 5.91 Å². The molecule has 110 valence electrons. The maximum absolute atomic E-state index is 12.2. The molecular formula is C18H22N2O. The van der Waals surface area contributed by atoms with Crippen molar-refractivity contribution in [2.75, 3.05) is 0 Å². The zero-order chi connectivity index (χ0) is 15.2. The maximum atomic E-state index is 12.2. The van der Waals surface area contributed by atoms with Crippen LogP contribution in [0.3, 0.4) is 0 Å². The average molecular weight is 282 g/mol. The fourth-order valence-electron chi connectivity index (χ4n) is 2.43. The van der Waals surface area contributed by atoms with Gasteiger partial charge in [-0.2, -0.15) is 0 Å². The molecule has 2 rings (SSSR count). The van der Waals surface area contributed by atoms with Crippen LogP contribution in [0, 0.1) is 6.92 Å². The lowest BCUT2D eigenvalue weighted by molar-refractivity contribution is -0.123. The molecular weight excluding hydrogens is 260 g/mol. The molecule has 0 saturated carbocycles. The number of amides is 1. The van der Waals surface area contributed by atoms with E-state index in [0.29, 0.717) is 6.42 Å². The largest absolute Gasteiger partial charge is 0.348 e. The molecule has 0 aliphatic carbocycles. The monoisotopic (exact) mass is 282 g/mol. The van der Waals surface area contributed by atoms with Gasteiger partial charge in [0.15, 0.2) is 0 Å². The summed E-state index contributed by atoms with van der Waals surface area (Å²) in [7, 11) is 0. The third kappa shape index (κ3) is 4.17. The number of nitrogens with one attached hydrogen (secondary N) is 1. The first-order valence-electron chi connectivity index (χ1n) is 7.23. The molecule has 2 atom stereocenters. The molecule has 0 radical (unpaired) electrons. The first-order valence-corrected chi connectivity index (χ1v) is 7.23. The Morgan fingerprint density at radius 1 is 1.10 bits per heavy atom. The molecule has 2 aromatic carbocycles. The van der Waals surface area contributed by atoms with E-state index in [1.807, 2.05) is 68.4 Å². The second-order valence-corrected chi connectivity index (χ2v) is 5.38. The van der Waals surface area contributed by atoms with Crippen LogP contribution in [0.25, 0.3) is 0 Å². The quantitative estimate of drug-likeness (QED) is 0.886. The minimum absolute atomic E-state index is 0.0412. The highest BCUT2D eigenvalue weighted by Gasteiger charge is 2.17. The first kappa shape index (κ1) is 15.3. The first-order chi connectivity index (χ1) is 10.1. The Kier molecular flexibility index (Phi) is 5.12. The Balaban J connectivity index is 1.96. The Morgan fingerprint density at radius 2 is 1.71 bits per heavy atom. The van der Waals surface area contributed by atoms with E-state index in [4.69, 9.17) is 5.73 Å². The fourth-order valence-corrected chi connectivity index (χ4v) is 2.43. The van der Waals surface area contributed by atoms with Crippen LogP contribution in [0.2, 0.25) is 0 Å². The standard InChI is InChI=1S/C18H22N2O/c1-13-8-6-7-11-16(13)14(2)20-18(21)17(19)12-15-9-4-3-5-10-15/h3-11,14,17H,12,19H2,1-2H3,(H,20,21)/t14-,17+/m0/s1. The van der Waals surface area contributed by atoms with E-state index in [2.05, 4.69) is 5.32 Å². The van der Waals surface area contributed by atoms with Crippen LogP contribution in [0.5, 0.6) is 0 Å². The highest BCUT2D eigenvalue weighted by molar-refractivity contribution is 5.82. The number of nitrogens with two attached hydrogens (primary N) is 1. The van der Waals surface area contributed by atoms with E-state index >= 15 is 0 Å². The summed E-state index contributed by atoms with van der Waals surface area (Å²) in [6.45, 7) is 4.03. The topological polar surface area (TPSA) is 55.1 Å². The van der Waals surface area contributed by atoms with Crippen LogP contribution < -0.4 is 11.1 Å². The van der Waals surface area contributed by atoms with Crippen LogP contribution >= 0.6 is 0 Å². The molecule has 1 amide bonds. The smallest absolute Gasteiger partial charge is 0.237 e. The van der Waals surface area contributed by atoms with Crippen molar-refractivity contribution in [1.82, 2.24) is 5.32 Å². The lowest BCUT2D eigenvalue weighted by Crippen LogP contribution is -2.43. The van der Waals surface area contributed by atoms with E-state index in [0.717, 1.165) is 11.1 Å². The molecule has 0 saturated heterocycles. The van der Waals surface area contributed by atoms with Crippen LogP contribution in [-0.4, -0.2) is 11.9 Å². The van der Waals surface area contributed by atoms with E-state index in [9.17, 15) is 4.79 Å². The summed E-state index contributed by atoms with van der Waals surface area (Å²) in [6.07, 6.45) is 0.549. The summed E-state index contributed by atoms with van der Waals surface area (Å²) in [4.78, 5) is 12.2. The van der Waals surface area contributed by atoms with Crippen LogP contribution in [0.1, 0.15) is 29.7 Å². The molecule has 3 N–H and O–H groups in total. The van der Waals surface area contributed by atoms with Gasteiger partial charge in [-0.1, -0.05) is 54.6 Å². The number of hydrogen-bond acceptors (Lipinski definition) is 2. The molecule has 0 aliphatic heterocycles. The number of carbonyl (C=O) groups is 1. The third-order valence-corrected chi connectivity index (χ3v) is 3.65. The van der Waals surface area contributed by atoms with Crippen molar-refractivity contribution in [3.8, 4) is 0 Å². The second kappa shape index (κ2) is 7.04. The van der Waals surface area contributed by atoms with Gasteiger partial charge in [-0.15, -0.1) is 0 Å². The molecule has 3 nitrogen and oxygen atoms in total. The van der Waals surface area contributed by atoms with Crippen molar-refractivity contribution < 1.29 is 4.79 Å². The van der Waals surface area contributed by atoms with Crippen LogP contribution in [0.15, 0.2) is 54.6 Å². The van der Waals surface area contributed by atoms with Gasteiger partial charge in [-0.05, 0) is 37.0 Å². The van der Waals surface area contributed by atoms with Crippen LogP contribution in [-0.2, 0) is 11.2 Å². The highest BCUT2D eigenvalue weighted by atomic mass is 16.2. The zero-order valence-corrected chi connectivity index (χ0v) is 12.5. The van der Waals surface area contributed by atoms with Gasteiger partial charge >= 0.3 is 0 Å². The van der Waals surface area contributed by atoms with Crippen LogP contribution in [0.4, 0.5) is 0 Å². The van der Waals surface area contributed by atoms with E-state index in [1.54, 1.807) is 0 Å². The predicted molar refractivity (Wildman–Crippen MR) is 85.9 cm³/mol. The van der Waals surface area contributed by atoms with Gasteiger partial charge in [0.25, 0.3) is 0 Å². The molecule has 0 aliphatic rings. The molecule has 3 heteroatoms. The van der Waals surface area contributed by atoms with Crippen molar-refractivity contribution in [3.63, 3.8) is 0 Å². The van der Waals surface area contributed by atoms with Crippen molar-refractivity contribution >= 4 is 5.91 Å². The summed E-state index contributed by atoms with van der Waals surface area (Å²) in [5, 5.41) is 2.99. The molecule has 21 heavy (non-hydrogen) atoms. The van der Waals surface area contributed by atoms with Gasteiger partial charge in [0, 0.05) is 0 Å². The molecule has 0 bridgehead atoms. The summed E-state index contributed by atoms with van der Waals surface area (Å²) in [6, 6.07) is 17.3. The predicted octanol–water partition coefficient (Wildman–Crippen LogP) is 2.74. The van der Waals surface area contributed by atoms with Gasteiger partial charge < -0.3 is 11.1 Å². The van der Waals surface area contributed by atoms with E-state index < -0.39 is 6.04 Å². The second-order valence-electron chi connectivity index (χ2n) is 5.38. The minimum atomic E-state index is -0.529. The minimum Gasteiger partial charge on any atom is -0.348 e. The SMILES string of the molecule is Cc1ccccc1[C@H](C)NC(=O)[C@H](N)Cc1ccccc1. The molecule has 2 aromatic rings. The summed E-state index contributed by atoms with van der Waals surface area (Å²) in [5.74, 6) is -0.116. The molecule has 0 aromatic heterocycles. The Hall–Kier alpha value is -2.13. The number of hydrogen-bond donors (Lipinski definition) is 2. The van der Waals surface area contributed by atoms with Gasteiger partial charge in [-0.25, -0.2) is 0 Å². The highest BCUT2D eigenvalue weighted by Crippen LogP contribution is 2.16. The average Bonchev–Trinajstić information content (AvgIpc) is 2.48.